The van der Waals surface area contributed by atoms with E-state index in [2.05, 4.69) is 10.7 Å². The number of fused-ring (bicyclic) bond motifs is 4. The van der Waals surface area contributed by atoms with Crippen molar-refractivity contribution in [3.8, 4) is 11.5 Å². The second-order valence-electron chi connectivity index (χ2n) is 15.1. The molecular weight excluding hydrogens is 759 g/mol. The molecule has 0 spiro atoms. The van der Waals surface area contributed by atoms with Crippen LogP contribution < -0.4 is 20.4 Å². The number of hydrogen-bond donors (Lipinski definition) is 3. The summed E-state index contributed by atoms with van der Waals surface area (Å²) < 4.78 is 19.8. The number of hydrogen-bond acceptors (Lipinski definition) is 8. The quantitative estimate of drug-likeness (QED) is 0.100. The summed E-state index contributed by atoms with van der Waals surface area (Å²) >= 11 is 6.40. The van der Waals surface area contributed by atoms with Crippen molar-refractivity contribution < 1.29 is 33.4 Å². The molecule has 4 amide bonds. The first-order valence-electron chi connectivity index (χ1n) is 19.2. The zero-order valence-electron chi connectivity index (χ0n) is 31.3. The largest absolute Gasteiger partial charge is 0.504 e. The number of nitrogens with zero attached hydrogens (tertiary/aromatic N) is 2. The minimum absolute atomic E-state index is 0.0848. The first-order valence-corrected chi connectivity index (χ1v) is 19.6. The zero-order valence-corrected chi connectivity index (χ0v) is 32.0. The number of hydrazine groups is 1. The molecule has 10 nitrogen and oxygen atoms in total. The number of phenolic OH excluding ortho intramolecular Hbond substituents is 1. The highest BCUT2D eigenvalue weighted by Gasteiger charge is 2.70. The maximum atomic E-state index is 15.4. The molecule has 3 N–H and O–H groups in total. The number of ether oxygens (including phenoxy) is 1. The van der Waals surface area contributed by atoms with Crippen LogP contribution in [0.1, 0.15) is 36.8 Å². The zero-order chi connectivity index (χ0) is 40.3. The molecule has 9 rings (SSSR count). The summed E-state index contributed by atoms with van der Waals surface area (Å²) in [6.07, 6.45) is 2.29. The van der Waals surface area contributed by atoms with Crippen molar-refractivity contribution in [2.75, 3.05) is 22.2 Å². The number of benzene rings is 5. The molecule has 5 aromatic carbocycles. The lowest BCUT2D eigenvalue weighted by atomic mass is 9.49. The number of aromatic hydroxyl groups is 1. The number of nitrogens with one attached hydrogen (secondary N) is 2. The summed E-state index contributed by atoms with van der Waals surface area (Å²) in [6.45, 7) is 2.04. The molecule has 5 aromatic rings. The summed E-state index contributed by atoms with van der Waals surface area (Å²) in [6, 6.07) is 33.8. The van der Waals surface area contributed by atoms with Crippen LogP contribution in [-0.4, -0.2) is 40.4 Å². The van der Waals surface area contributed by atoms with Crippen molar-refractivity contribution in [1.29, 1.82) is 0 Å². The normalized spacial score (nSPS) is 24.9. The van der Waals surface area contributed by atoms with Gasteiger partial charge in [0.1, 0.15) is 5.82 Å². The summed E-state index contributed by atoms with van der Waals surface area (Å²) in [5.41, 5.74) is 5.68. The van der Waals surface area contributed by atoms with Gasteiger partial charge in [0.15, 0.2) is 11.5 Å². The Hall–Kier alpha value is -6.46. The van der Waals surface area contributed by atoms with E-state index in [1.54, 1.807) is 55.5 Å². The van der Waals surface area contributed by atoms with Crippen LogP contribution in [0.5, 0.6) is 11.5 Å². The third kappa shape index (κ3) is 5.91. The van der Waals surface area contributed by atoms with Gasteiger partial charge in [-0.2, -0.15) is 5.01 Å². The SMILES string of the molecule is CCOc1cc(C2C3=CCC4C(=O)N(c5ccc(Nc6ccccc6)cc5)C(=O)C4C3CC3C(=O)N(Nc4ccc(F)cc4)C(=O)C32c2ccc(Cl)cc2)ccc1O. The molecule has 0 bridgehead atoms. The smallest absolute Gasteiger partial charge is 0.260 e. The van der Waals surface area contributed by atoms with E-state index in [9.17, 15) is 23.9 Å². The fraction of sp³-hybridized carbons (Fsp3) is 0.217. The molecule has 4 aliphatic rings. The first kappa shape index (κ1) is 37.1. The van der Waals surface area contributed by atoms with Crippen LogP contribution in [0.3, 0.4) is 0 Å². The minimum Gasteiger partial charge on any atom is -0.504 e. The van der Waals surface area contributed by atoms with Crippen LogP contribution in [0.15, 0.2) is 133 Å². The highest BCUT2D eigenvalue weighted by Crippen LogP contribution is 2.64. The lowest BCUT2D eigenvalue weighted by Gasteiger charge is -2.50. The fourth-order valence-electron chi connectivity index (χ4n) is 9.65. The Labute approximate surface area is 338 Å². The third-order valence-corrected chi connectivity index (χ3v) is 12.3. The van der Waals surface area contributed by atoms with Crippen molar-refractivity contribution in [3.05, 3.63) is 155 Å². The molecule has 58 heavy (non-hydrogen) atoms. The Balaban J connectivity index is 1.16. The van der Waals surface area contributed by atoms with E-state index in [-0.39, 0.29) is 42.8 Å². The third-order valence-electron chi connectivity index (χ3n) is 12.1. The summed E-state index contributed by atoms with van der Waals surface area (Å²) in [4.78, 5) is 60.6. The number of halogens is 2. The van der Waals surface area contributed by atoms with Gasteiger partial charge in [-0.3, -0.25) is 29.5 Å². The van der Waals surface area contributed by atoms with Crippen molar-refractivity contribution in [1.82, 2.24) is 5.01 Å². The molecule has 6 unspecified atom stereocenters. The Bertz CT molecular complexity index is 2480. The second-order valence-corrected chi connectivity index (χ2v) is 15.5. The number of carbonyl (C=O) groups is 4. The monoisotopic (exact) mass is 796 g/mol. The van der Waals surface area contributed by atoms with Crippen LogP contribution >= 0.6 is 11.6 Å². The van der Waals surface area contributed by atoms with Crippen LogP contribution in [0.25, 0.3) is 0 Å². The molecule has 1 saturated carbocycles. The molecule has 3 fully saturated rings. The highest BCUT2D eigenvalue weighted by molar-refractivity contribution is 6.30. The van der Waals surface area contributed by atoms with Crippen LogP contribution in [0.4, 0.5) is 27.1 Å². The maximum Gasteiger partial charge on any atom is 0.260 e. The molecule has 2 saturated heterocycles. The summed E-state index contributed by atoms with van der Waals surface area (Å²) in [5.74, 6) is -6.15. The van der Waals surface area contributed by atoms with Crippen LogP contribution in [-0.2, 0) is 24.6 Å². The fourth-order valence-corrected chi connectivity index (χ4v) is 9.77. The number of allylic oxidation sites excluding steroid dienone is 2. The lowest BCUT2D eigenvalue weighted by molar-refractivity contribution is -0.138. The van der Waals surface area contributed by atoms with Crippen molar-refractivity contribution in [2.24, 2.45) is 23.7 Å². The number of phenols is 1. The molecule has 12 heteroatoms. The summed E-state index contributed by atoms with van der Waals surface area (Å²) in [7, 11) is 0. The Morgan fingerprint density at radius 1 is 0.810 bits per heavy atom. The first-order chi connectivity index (χ1) is 28.1. The summed E-state index contributed by atoms with van der Waals surface area (Å²) in [5, 5.41) is 15.6. The lowest BCUT2D eigenvalue weighted by Crippen LogP contribution is -2.53. The standard InChI is InChI=1S/C46H38ClFN4O6/c1-2-58-39-24-26(8-23-38(39)53)41-34-21-22-35-40(44(56)51(42(35)54)33-19-17-31(18-20-33)49-30-6-4-3-5-7-30)36(34)25-37-43(55)52(50-32-15-13-29(48)14-16-32)45(57)46(37,41)27-9-11-28(47)12-10-27/h3-21,23-24,35-37,40-41,49-50,53H,2,22,25H2,1H3. The highest BCUT2D eigenvalue weighted by atomic mass is 35.5. The van der Waals surface area contributed by atoms with Gasteiger partial charge in [0, 0.05) is 22.3 Å². The molecule has 2 aliphatic heterocycles. The topological polar surface area (TPSA) is 128 Å². The molecule has 0 radical (unpaired) electrons. The predicted molar refractivity (Wildman–Crippen MR) is 217 cm³/mol. The van der Waals surface area contributed by atoms with Gasteiger partial charge in [-0.15, -0.1) is 0 Å². The Morgan fingerprint density at radius 3 is 2.21 bits per heavy atom. The molecule has 292 valence electrons. The number of imide groups is 2. The van der Waals surface area contributed by atoms with E-state index in [1.165, 1.54) is 35.2 Å². The van der Waals surface area contributed by atoms with Gasteiger partial charge in [0.05, 0.1) is 41.2 Å². The second kappa shape index (κ2) is 14.5. The molecule has 0 aromatic heterocycles. The van der Waals surface area contributed by atoms with Gasteiger partial charge in [-0.05, 0) is 122 Å². The molecular formula is C46H38ClFN4O6. The van der Waals surface area contributed by atoms with E-state index < -0.39 is 52.6 Å². The van der Waals surface area contributed by atoms with Crippen LogP contribution in [0, 0.1) is 29.5 Å². The molecule has 2 heterocycles. The van der Waals surface area contributed by atoms with E-state index in [4.69, 9.17) is 16.3 Å². The van der Waals surface area contributed by atoms with Gasteiger partial charge < -0.3 is 15.2 Å². The van der Waals surface area contributed by atoms with Crippen LogP contribution in [0.2, 0.25) is 5.02 Å². The molecule has 2 aliphatic carbocycles. The van der Waals surface area contributed by atoms with Gasteiger partial charge in [-0.1, -0.05) is 59.6 Å². The number of para-hydroxylation sites is 1. The van der Waals surface area contributed by atoms with Crippen molar-refractivity contribution in [2.45, 2.75) is 31.1 Å². The van der Waals surface area contributed by atoms with E-state index in [0.29, 0.717) is 27.5 Å². The van der Waals surface area contributed by atoms with E-state index >= 15 is 4.79 Å². The maximum absolute atomic E-state index is 15.4. The van der Waals surface area contributed by atoms with Gasteiger partial charge in [0.25, 0.3) is 11.8 Å². The van der Waals surface area contributed by atoms with Gasteiger partial charge in [-0.25, -0.2) is 4.39 Å². The van der Waals surface area contributed by atoms with E-state index in [1.807, 2.05) is 48.5 Å². The number of carbonyl (C=O) groups excluding carboxylic acids is 4. The Morgan fingerprint density at radius 2 is 1.50 bits per heavy atom. The number of anilines is 4. The number of rotatable bonds is 9. The number of amides is 4. The van der Waals surface area contributed by atoms with E-state index in [0.717, 1.165) is 22.0 Å². The van der Waals surface area contributed by atoms with Crippen molar-refractivity contribution in [3.63, 3.8) is 0 Å². The Kier molecular flexibility index (Phi) is 9.27. The predicted octanol–water partition coefficient (Wildman–Crippen LogP) is 8.52. The van der Waals surface area contributed by atoms with Gasteiger partial charge >= 0.3 is 0 Å². The average molecular weight is 797 g/mol. The minimum atomic E-state index is -1.57. The van der Waals surface area contributed by atoms with Crippen molar-refractivity contribution >= 4 is 58.0 Å². The van der Waals surface area contributed by atoms with Gasteiger partial charge in [0.2, 0.25) is 11.8 Å². The average Bonchev–Trinajstić information content (AvgIpc) is 3.61. The molecule has 6 atom stereocenters.